The molecule has 1 aromatic carbocycles. The lowest BCUT2D eigenvalue weighted by atomic mass is 9.91. The normalized spacial score (nSPS) is 19.3. The lowest BCUT2D eigenvalue weighted by Crippen LogP contribution is -2.36. The Balaban J connectivity index is 1.30. The van der Waals surface area contributed by atoms with E-state index in [9.17, 15) is 9.59 Å². The summed E-state index contributed by atoms with van der Waals surface area (Å²) in [5.41, 5.74) is 3.80. The van der Waals surface area contributed by atoms with Crippen LogP contribution in [0.3, 0.4) is 0 Å². The summed E-state index contributed by atoms with van der Waals surface area (Å²) in [5, 5.41) is 4.94. The van der Waals surface area contributed by atoms with E-state index >= 15 is 0 Å². The van der Waals surface area contributed by atoms with Gasteiger partial charge in [-0.05, 0) is 82.8 Å². The number of aromatic nitrogens is 3. The van der Waals surface area contributed by atoms with Gasteiger partial charge in [0.2, 0.25) is 5.91 Å². The molecule has 8 heteroatoms. The number of piperidine rings is 1. The minimum Gasteiger partial charge on any atom is -0.346 e. The quantitative estimate of drug-likeness (QED) is 0.270. The fourth-order valence-corrected chi connectivity index (χ4v) is 6.35. The van der Waals surface area contributed by atoms with E-state index in [0.29, 0.717) is 23.6 Å². The van der Waals surface area contributed by atoms with Crippen LogP contribution < -0.4 is 5.32 Å². The fraction of sp³-hybridized carbons (Fsp3) is 0.548. The Kier molecular flexibility index (Phi) is 8.38. The van der Waals surface area contributed by atoms with Crippen LogP contribution in [0, 0.1) is 18.3 Å². The van der Waals surface area contributed by atoms with Crippen LogP contribution in [0.25, 0.3) is 22.2 Å². The third kappa shape index (κ3) is 6.36. The van der Waals surface area contributed by atoms with E-state index in [1.54, 1.807) is 0 Å². The number of halogens is 1. The molecule has 1 spiro atoms. The summed E-state index contributed by atoms with van der Waals surface area (Å²) in [6.45, 7) is 5.98. The molecule has 2 N–H and O–H groups in total. The molecule has 5 rings (SSSR count). The number of H-pyrrole nitrogens is 1. The van der Waals surface area contributed by atoms with Gasteiger partial charge in [0.05, 0.1) is 28.5 Å². The topological polar surface area (TPSA) is 91.0 Å². The summed E-state index contributed by atoms with van der Waals surface area (Å²) in [5.74, 6) is 1.34. The maximum Gasteiger partial charge on any atom is 0.224 e. The van der Waals surface area contributed by atoms with E-state index in [1.807, 2.05) is 44.3 Å². The average molecular weight is 550 g/mol. The number of nitrogens with zero attached hydrogens (tertiary/aromatic N) is 3. The van der Waals surface area contributed by atoms with Crippen molar-refractivity contribution in [2.45, 2.75) is 77.7 Å². The number of ketones is 1. The highest BCUT2D eigenvalue weighted by molar-refractivity contribution is 6.35. The van der Waals surface area contributed by atoms with Crippen molar-refractivity contribution < 1.29 is 9.59 Å². The standard InChI is InChI=1S/C31H40ClN5O2/c1-4-22(38)8-6-5-7-9-27(36-30(39)24-18-31(24)12-14-37(3)15-13-31)29-33-19-28(35-29)21-10-11-26-23(17-21)25(32)16-20(2)34-26/h10-11,16-17,19,24,27H,4-9,12-15,18H2,1-3H3,(H,33,35)(H,36,39)/t24-,27+/m1/s1. The van der Waals surface area contributed by atoms with E-state index < -0.39 is 0 Å². The van der Waals surface area contributed by atoms with Crippen molar-refractivity contribution in [1.29, 1.82) is 0 Å². The van der Waals surface area contributed by atoms with Crippen LogP contribution in [0.2, 0.25) is 5.02 Å². The molecule has 2 atom stereocenters. The van der Waals surface area contributed by atoms with Crippen molar-refractivity contribution >= 4 is 34.2 Å². The molecule has 3 heterocycles. The van der Waals surface area contributed by atoms with Gasteiger partial charge in [0.25, 0.3) is 0 Å². The first-order valence-corrected chi connectivity index (χ1v) is 14.8. The smallest absolute Gasteiger partial charge is 0.224 e. The molecule has 208 valence electrons. The molecular weight excluding hydrogens is 510 g/mol. The number of Topliss-reactive ketones (excluding diaryl/α,β-unsaturated/α-hetero) is 1. The van der Waals surface area contributed by atoms with Gasteiger partial charge in [-0.1, -0.05) is 37.4 Å². The number of nitrogens with one attached hydrogen (secondary N) is 2. The summed E-state index contributed by atoms with van der Waals surface area (Å²) >= 11 is 6.51. The summed E-state index contributed by atoms with van der Waals surface area (Å²) < 4.78 is 0. The average Bonchev–Trinajstić information content (AvgIpc) is 3.40. The number of fused-ring (bicyclic) bond motifs is 1. The summed E-state index contributed by atoms with van der Waals surface area (Å²) in [4.78, 5) is 40.3. The molecule has 3 aromatic rings. The highest BCUT2D eigenvalue weighted by Gasteiger charge is 2.58. The van der Waals surface area contributed by atoms with Crippen molar-refractivity contribution in [2.75, 3.05) is 20.1 Å². The van der Waals surface area contributed by atoms with E-state index in [0.717, 1.165) is 91.7 Å². The van der Waals surface area contributed by atoms with Gasteiger partial charge in [0.15, 0.2) is 0 Å². The molecule has 2 fully saturated rings. The highest BCUT2D eigenvalue weighted by Crippen LogP contribution is 2.59. The van der Waals surface area contributed by atoms with Gasteiger partial charge in [-0.2, -0.15) is 0 Å². The van der Waals surface area contributed by atoms with Crippen LogP contribution in [0.5, 0.6) is 0 Å². The Morgan fingerprint density at radius 3 is 2.77 bits per heavy atom. The molecular formula is C31H40ClN5O2. The molecule has 2 aliphatic rings. The molecule has 2 aromatic heterocycles. The zero-order valence-corrected chi connectivity index (χ0v) is 24.1. The maximum atomic E-state index is 13.4. The Labute approximate surface area is 236 Å². The van der Waals surface area contributed by atoms with Crippen LogP contribution in [0.1, 0.15) is 82.3 Å². The number of carbonyl (C=O) groups is 2. The molecule has 1 saturated carbocycles. The lowest BCUT2D eigenvalue weighted by Gasteiger charge is -2.30. The second kappa shape index (κ2) is 11.8. The van der Waals surface area contributed by atoms with Crippen molar-refractivity contribution in [2.24, 2.45) is 11.3 Å². The number of benzene rings is 1. The first-order valence-electron chi connectivity index (χ1n) is 14.4. The maximum absolute atomic E-state index is 13.4. The third-order valence-corrected chi connectivity index (χ3v) is 9.08. The summed E-state index contributed by atoms with van der Waals surface area (Å²) in [7, 11) is 2.16. The Morgan fingerprint density at radius 1 is 1.21 bits per heavy atom. The number of aromatic amines is 1. The molecule has 1 aliphatic heterocycles. The molecule has 1 amide bonds. The van der Waals surface area contributed by atoms with E-state index in [4.69, 9.17) is 16.6 Å². The Hall–Kier alpha value is -2.77. The van der Waals surface area contributed by atoms with Gasteiger partial charge in [-0.3, -0.25) is 14.6 Å². The van der Waals surface area contributed by atoms with Crippen LogP contribution in [-0.4, -0.2) is 51.7 Å². The number of amides is 1. The number of imidazole rings is 1. The van der Waals surface area contributed by atoms with Gasteiger partial charge in [-0.25, -0.2) is 4.98 Å². The number of aryl methyl sites for hydroxylation is 1. The zero-order chi connectivity index (χ0) is 27.6. The SMILES string of the molecule is CCC(=O)CCCCC[C@H](NC(=O)[C@H]1CC12CCN(C)CC2)c1ncc(-c2ccc3nc(C)cc(Cl)c3c2)[nH]1. The molecule has 39 heavy (non-hydrogen) atoms. The fourth-order valence-electron chi connectivity index (χ4n) is 6.04. The second-order valence-corrected chi connectivity index (χ2v) is 12.0. The van der Waals surface area contributed by atoms with E-state index in [-0.39, 0.29) is 23.3 Å². The lowest BCUT2D eigenvalue weighted by molar-refractivity contribution is -0.124. The molecule has 7 nitrogen and oxygen atoms in total. The predicted molar refractivity (Wildman–Crippen MR) is 156 cm³/mol. The van der Waals surface area contributed by atoms with Gasteiger partial charge in [-0.15, -0.1) is 0 Å². The number of hydrogen-bond acceptors (Lipinski definition) is 5. The molecule has 1 aliphatic carbocycles. The summed E-state index contributed by atoms with van der Waals surface area (Å²) in [6, 6.07) is 7.73. The number of carbonyl (C=O) groups excluding carboxylic acids is 2. The first-order chi connectivity index (χ1) is 18.8. The molecule has 1 saturated heterocycles. The first kappa shape index (κ1) is 27.8. The van der Waals surface area contributed by atoms with Crippen molar-refractivity contribution in [1.82, 2.24) is 25.2 Å². The monoisotopic (exact) mass is 549 g/mol. The van der Waals surface area contributed by atoms with Crippen LogP contribution in [0.4, 0.5) is 0 Å². The minimum atomic E-state index is -0.189. The number of unbranched alkanes of at least 4 members (excludes halogenated alkanes) is 2. The highest BCUT2D eigenvalue weighted by atomic mass is 35.5. The molecule has 0 radical (unpaired) electrons. The van der Waals surface area contributed by atoms with Crippen molar-refractivity contribution in [3.05, 3.63) is 47.0 Å². The summed E-state index contributed by atoms with van der Waals surface area (Å²) in [6.07, 6.45) is 9.82. The molecule has 0 unspecified atom stereocenters. The third-order valence-electron chi connectivity index (χ3n) is 8.77. The van der Waals surface area contributed by atoms with Gasteiger partial charge in [0.1, 0.15) is 11.6 Å². The molecule has 0 bridgehead atoms. The number of rotatable bonds is 11. The predicted octanol–water partition coefficient (Wildman–Crippen LogP) is 6.41. The Bertz CT molecular complexity index is 1340. The van der Waals surface area contributed by atoms with Crippen LogP contribution >= 0.6 is 11.6 Å². The van der Waals surface area contributed by atoms with Crippen molar-refractivity contribution in [3.63, 3.8) is 0 Å². The van der Waals surface area contributed by atoms with Gasteiger partial charge >= 0.3 is 0 Å². The number of pyridine rings is 1. The van der Waals surface area contributed by atoms with Crippen LogP contribution in [0.15, 0.2) is 30.5 Å². The minimum absolute atomic E-state index is 0.101. The number of likely N-dealkylation sites (tertiary alicyclic amines) is 1. The van der Waals surface area contributed by atoms with Gasteiger partial charge < -0.3 is 15.2 Å². The Morgan fingerprint density at radius 2 is 2.00 bits per heavy atom. The largest absolute Gasteiger partial charge is 0.346 e. The number of hydrogen-bond donors (Lipinski definition) is 2. The van der Waals surface area contributed by atoms with E-state index in [1.165, 1.54) is 0 Å². The zero-order valence-electron chi connectivity index (χ0n) is 23.4. The van der Waals surface area contributed by atoms with E-state index in [2.05, 4.69) is 27.2 Å². The van der Waals surface area contributed by atoms with Crippen LogP contribution in [-0.2, 0) is 9.59 Å². The second-order valence-electron chi connectivity index (χ2n) is 11.6. The van der Waals surface area contributed by atoms with Gasteiger partial charge in [0, 0.05) is 35.4 Å². The van der Waals surface area contributed by atoms with Crippen molar-refractivity contribution in [3.8, 4) is 11.3 Å².